The second-order valence-corrected chi connectivity index (χ2v) is 7.71. The SMILES string of the molecule is CC(C)C(F)(F)c1ccc(CO)cc1.CCOC(=O)c1ccc(C(F)(F)C(C)C)cc1. The molecular formula is C24H30F4O3. The van der Waals surface area contributed by atoms with Crippen molar-refractivity contribution in [3.05, 3.63) is 70.8 Å². The Bertz CT molecular complexity index is 814. The Kier molecular flexibility index (Phi) is 9.69. The lowest BCUT2D eigenvalue weighted by Gasteiger charge is -2.20. The summed E-state index contributed by atoms with van der Waals surface area (Å²) in [5.74, 6) is -7.67. The van der Waals surface area contributed by atoms with Gasteiger partial charge in [-0.05, 0) is 24.6 Å². The summed E-state index contributed by atoms with van der Waals surface area (Å²) < 4.78 is 59.0. The van der Waals surface area contributed by atoms with Gasteiger partial charge in [0.1, 0.15) is 0 Å². The van der Waals surface area contributed by atoms with E-state index in [9.17, 15) is 22.4 Å². The summed E-state index contributed by atoms with van der Waals surface area (Å²) in [7, 11) is 0. The lowest BCUT2D eigenvalue weighted by molar-refractivity contribution is -0.0517. The van der Waals surface area contributed by atoms with E-state index in [0.717, 1.165) is 0 Å². The van der Waals surface area contributed by atoms with Crippen LogP contribution in [0.3, 0.4) is 0 Å². The van der Waals surface area contributed by atoms with Gasteiger partial charge in [-0.15, -0.1) is 0 Å². The lowest BCUT2D eigenvalue weighted by Crippen LogP contribution is -2.21. The number of benzene rings is 2. The molecule has 0 bridgehead atoms. The van der Waals surface area contributed by atoms with Gasteiger partial charge in [0.05, 0.1) is 18.8 Å². The van der Waals surface area contributed by atoms with Crippen LogP contribution in [0.2, 0.25) is 0 Å². The molecule has 31 heavy (non-hydrogen) atoms. The van der Waals surface area contributed by atoms with Gasteiger partial charge in [-0.3, -0.25) is 0 Å². The number of aliphatic hydroxyl groups is 1. The Morgan fingerprint density at radius 1 is 0.839 bits per heavy atom. The largest absolute Gasteiger partial charge is 0.462 e. The van der Waals surface area contributed by atoms with Crippen LogP contribution < -0.4 is 0 Å². The number of aliphatic hydroxyl groups excluding tert-OH is 1. The molecule has 0 saturated heterocycles. The highest BCUT2D eigenvalue weighted by atomic mass is 19.3. The van der Waals surface area contributed by atoms with Crippen LogP contribution in [0.15, 0.2) is 48.5 Å². The Morgan fingerprint density at radius 2 is 1.23 bits per heavy atom. The van der Waals surface area contributed by atoms with Crippen molar-refractivity contribution >= 4 is 5.97 Å². The molecule has 172 valence electrons. The third kappa shape index (κ3) is 7.06. The highest BCUT2D eigenvalue weighted by molar-refractivity contribution is 5.89. The van der Waals surface area contributed by atoms with Gasteiger partial charge in [0.2, 0.25) is 0 Å². The molecule has 0 aliphatic carbocycles. The molecule has 2 aromatic rings. The smallest absolute Gasteiger partial charge is 0.338 e. The zero-order valence-corrected chi connectivity index (χ0v) is 18.5. The van der Waals surface area contributed by atoms with E-state index in [1.54, 1.807) is 6.92 Å². The first-order chi connectivity index (χ1) is 14.4. The van der Waals surface area contributed by atoms with Crippen molar-refractivity contribution in [2.24, 2.45) is 11.8 Å². The Labute approximate surface area is 181 Å². The van der Waals surface area contributed by atoms with Crippen LogP contribution in [0.1, 0.15) is 61.7 Å². The number of esters is 1. The minimum absolute atomic E-state index is 0.00435. The topological polar surface area (TPSA) is 46.5 Å². The van der Waals surface area contributed by atoms with Gasteiger partial charge in [0.25, 0.3) is 11.8 Å². The summed E-state index contributed by atoms with van der Waals surface area (Å²) in [5.41, 5.74) is 0.855. The molecule has 0 saturated carbocycles. The van der Waals surface area contributed by atoms with Crippen molar-refractivity contribution in [3.63, 3.8) is 0 Å². The normalized spacial score (nSPS) is 11.9. The molecule has 1 N–H and O–H groups in total. The van der Waals surface area contributed by atoms with Crippen molar-refractivity contribution in [1.29, 1.82) is 0 Å². The molecule has 0 aromatic heterocycles. The molecule has 3 nitrogen and oxygen atoms in total. The summed E-state index contributed by atoms with van der Waals surface area (Å²) in [6.45, 7) is 7.73. The van der Waals surface area contributed by atoms with Crippen LogP contribution in [-0.2, 0) is 23.2 Å². The average Bonchev–Trinajstić information content (AvgIpc) is 2.74. The number of halogens is 4. The van der Waals surface area contributed by atoms with Crippen molar-refractivity contribution < 1.29 is 32.2 Å². The van der Waals surface area contributed by atoms with Gasteiger partial charge < -0.3 is 9.84 Å². The molecule has 0 aliphatic heterocycles. The monoisotopic (exact) mass is 442 g/mol. The van der Waals surface area contributed by atoms with Crippen molar-refractivity contribution in [2.75, 3.05) is 6.61 Å². The molecule has 0 aliphatic rings. The zero-order chi connectivity index (χ0) is 23.8. The van der Waals surface area contributed by atoms with Crippen molar-refractivity contribution in [1.82, 2.24) is 0 Å². The van der Waals surface area contributed by atoms with Gasteiger partial charge in [-0.25, -0.2) is 22.4 Å². The molecule has 0 amide bonds. The van der Waals surface area contributed by atoms with Crippen LogP contribution in [0.5, 0.6) is 0 Å². The maximum atomic E-state index is 13.6. The van der Waals surface area contributed by atoms with Crippen molar-refractivity contribution in [2.45, 2.75) is 53.1 Å². The van der Waals surface area contributed by atoms with Crippen molar-refractivity contribution in [3.8, 4) is 0 Å². The second kappa shape index (κ2) is 11.3. The highest BCUT2D eigenvalue weighted by Gasteiger charge is 2.36. The van der Waals surface area contributed by atoms with Gasteiger partial charge in [0.15, 0.2) is 0 Å². The van der Waals surface area contributed by atoms with Crippen LogP contribution in [0.4, 0.5) is 17.6 Å². The quantitative estimate of drug-likeness (QED) is 0.391. The summed E-state index contributed by atoms with van der Waals surface area (Å²) in [4.78, 5) is 11.3. The van der Waals surface area contributed by atoms with E-state index in [-0.39, 0.29) is 29.9 Å². The maximum Gasteiger partial charge on any atom is 0.338 e. The van der Waals surface area contributed by atoms with Gasteiger partial charge in [-0.2, -0.15) is 0 Å². The highest BCUT2D eigenvalue weighted by Crippen LogP contribution is 2.36. The predicted octanol–water partition coefficient (Wildman–Crippen LogP) is 6.54. The first-order valence-electron chi connectivity index (χ1n) is 10.1. The number of carbonyl (C=O) groups excluding carboxylic acids is 1. The molecule has 2 rings (SSSR count). The molecule has 0 fully saturated rings. The van der Waals surface area contributed by atoms with Crippen LogP contribution >= 0.6 is 0 Å². The van der Waals surface area contributed by atoms with E-state index in [1.165, 1.54) is 76.2 Å². The number of alkyl halides is 4. The average molecular weight is 442 g/mol. The maximum absolute atomic E-state index is 13.6. The molecule has 2 aromatic carbocycles. The van der Waals surface area contributed by atoms with Crippen LogP contribution in [-0.4, -0.2) is 17.7 Å². The fourth-order valence-electron chi connectivity index (χ4n) is 2.54. The lowest BCUT2D eigenvalue weighted by atomic mass is 9.97. The van der Waals surface area contributed by atoms with Gasteiger partial charge in [0, 0.05) is 23.0 Å². The Hall–Kier alpha value is -2.41. The number of carbonyl (C=O) groups is 1. The summed E-state index contributed by atoms with van der Waals surface area (Å²) in [6.07, 6.45) is 0. The molecule has 0 unspecified atom stereocenters. The molecular weight excluding hydrogens is 412 g/mol. The van der Waals surface area contributed by atoms with E-state index in [1.807, 2.05) is 0 Å². The summed E-state index contributed by atoms with van der Waals surface area (Å²) in [5, 5.41) is 8.75. The van der Waals surface area contributed by atoms with Crippen LogP contribution in [0, 0.1) is 11.8 Å². The molecule has 0 spiro atoms. The minimum Gasteiger partial charge on any atom is -0.462 e. The minimum atomic E-state index is -2.88. The van der Waals surface area contributed by atoms with E-state index in [2.05, 4.69) is 0 Å². The van der Waals surface area contributed by atoms with E-state index < -0.39 is 29.7 Å². The van der Waals surface area contributed by atoms with E-state index in [4.69, 9.17) is 9.84 Å². The van der Waals surface area contributed by atoms with E-state index in [0.29, 0.717) is 5.56 Å². The number of hydrogen-bond acceptors (Lipinski definition) is 3. The Morgan fingerprint density at radius 3 is 1.55 bits per heavy atom. The third-order valence-electron chi connectivity index (χ3n) is 4.75. The standard InChI is InChI=1S/C13H16F2O2.C11H14F2O/c1-4-17-12(16)10-5-7-11(8-6-10)13(14,15)9(2)3;1-8(2)11(12,13)10-5-3-9(7-14)4-6-10/h5-9H,4H2,1-3H3;3-6,8,14H,7H2,1-2H3. The first-order valence-corrected chi connectivity index (χ1v) is 10.1. The molecule has 7 heteroatoms. The molecule has 0 radical (unpaired) electrons. The second-order valence-electron chi connectivity index (χ2n) is 7.71. The Balaban J connectivity index is 0.000000316. The van der Waals surface area contributed by atoms with Gasteiger partial charge in [-0.1, -0.05) is 64.1 Å². The number of rotatable bonds is 7. The predicted molar refractivity (Wildman–Crippen MR) is 112 cm³/mol. The fourth-order valence-corrected chi connectivity index (χ4v) is 2.54. The zero-order valence-electron chi connectivity index (χ0n) is 18.5. The van der Waals surface area contributed by atoms with Crippen LogP contribution in [0.25, 0.3) is 0 Å². The van der Waals surface area contributed by atoms with E-state index >= 15 is 0 Å². The number of hydrogen-bond donors (Lipinski definition) is 1. The van der Waals surface area contributed by atoms with Gasteiger partial charge >= 0.3 is 5.97 Å². The first kappa shape index (κ1) is 26.6. The fraction of sp³-hybridized carbons (Fsp3) is 0.458. The summed E-state index contributed by atoms with van der Waals surface area (Å²) >= 11 is 0. The number of ether oxygens (including phenoxy) is 1. The molecule has 0 heterocycles. The molecule has 0 atom stereocenters. The summed E-state index contributed by atoms with van der Waals surface area (Å²) in [6, 6.07) is 11.0. The third-order valence-corrected chi connectivity index (χ3v) is 4.75.